The molecule has 0 atom stereocenters. The highest BCUT2D eigenvalue weighted by atomic mass is 32.2. The Bertz CT molecular complexity index is 713. The first kappa shape index (κ1) is 15.5. The fraction of sp³-hybridized carbons (Fsp3) is 0.385. The van der Waals surface area contributed by atoms with Crippen LogP contribution in [0.4, 0.5) is 5.69 Å². The van der Waals surface area contributed by atoms with Gasteiger partial charge < -0.3 is 10.3 Å². The number of rotatable bonds is 5. The molecule has 0 fully saturated rings. The van der Waals surface area contributed by atoms with Crippen molar-refractivity contribution in [1.82, 2.24) is 14.9 Å². The lowest BCUT2D eigenvalue weighted by Crippen LogP contribution is -2.28. The second kappa shape index (κ2) is 5.82. The lowest BCUT2D eigenvalue weighted by Gasteiger charge is -2.15. The van der Waals surface area contributed by atoms with Crippen molar-refractivity contribution >= 4 is 15.7 Å². The number of sulfonamides is 1. The fourth-order valence-electron chi connectivity index (χ4n) is 2.11. The standard InChI is InChI=1S/C13H18N4O3S/c1-8-6-11(14)10(3)13(9(8)2)21(18,19)17-5-4-12-15-7-16-20-12/h6-7,17H,4-5,14H2,1-3H3. The van der Waals surface area contributed by atoms with Crippen molar-refractivity contribution < 1.29 is 12.9 Å². The van der Waals surface area contributed by atoms with Crippen molar-refractivity contribution in [2.24, 2.45) is 0 Å². The molecule has 8 heteroatoms. The smallest absolute Gasteiger partial charge is 0.241 e. The lowest BCUT2D eigenvalue weighted by molar-refractivity contribution is 0.377. The van der Waals surface area contributed by atoms with Gasteiger partial charge in [0.1, 0.15) is 0 Å². The predicted octanol–water partition coefficient (Wildman–Crippen LogP) is 1.10. The number of aromatic nitrogens is 2. The quantitative estimate of drug-likeness (QED) is 0.800. The van der Waals surface area contributed by atoms with Gasteiger partial charge >= 0.3 is 0 Å². The average Bonchev–Trinajstić information content (AvgIpc) is 2.89. The highest BCUT2D eigenvalue weighted by Crippen LogP contribution is 2.27. The number of nitrogens with two attached hydrogens (primary N) is 1. The summed E-state index contributed by atoms with van der Waals surface area (Å²) in [6.07, 6.45) is 1.61. The van der Waals surface area contributed by atoms with E-state index in [1.165, 1.54) is 6.33 Å². The van der Waals surface area contributed by atoms with Crippen LogP contribution in [0.2, 0.25) is 0 Å². The summed E-state index contributed by atoms with van der Waals surface area (Å²) in [6.45, 7) is 5.49. The van der Waals surface area contributed by atoms with Gasteiger partial charge in [-0.05, 0) is 43.5 Å². The van der Waals surface area contributed by atoms with E-state index in [0.717, 1.165) is 5.56 Å². The summed E-state index contributed by atoms with van der Waals surface area (Å²) in [6, 6.07) is 1.78. The highest BCUT2D eigenvalue weighted by molar-refractivity contribution is 7.89. The average molecular weight is 310 g/mol. The van der Waals surface area contributed by atoms with Crippen LogP contribution in [0.15, 0.2) is 21.8 Å². The maximum absolute atomic E-state index is 12.5. The topological polar surface area (TPSA) is 111 Å². The molecule has 2 aromatic rings. The van der Waals surface area contributed by atoms with Gasteiger partial charge in [0.25, 0.3) is 0 Å². The van der Waals surface area contributed by atoms with Crippen LogP contribution in [0.25, 0.3) is 0 Å². The van der Waals surface area contributed by atoms with E-state index in [2.05, 4.69) is 14.9 Å². The van der Waals surface area contributed by atoms with Gasteiger partial charge in [0.15, 0.2) is 6.33 Å². The number of aryl methyl sites for hydroxylation is 1. The molecule has 1 aromatic heterocycles. The van der Waals surface area contributed by atoms with Crippen molar-refractivity contribution in [1.29, 1.82) is 0 Å². The Morgan fingerprint density at radius 2 is 2.00 bits per heavy atom. The second-order valence-corrected chi connectivity index (χ2v) is 6.55. The molecule has 21 heavy (non-hydrogen) atoms. The largest absolute Gasteiger partial charge is 0.398 e. The molecule has 0 saturated heterocycles. The Hall–Kier alpha value is -1.93. The maximum Gasteiger partial charge on any atom is 0.241 e. The zero-order valence-electron chi connectivity index (χ0n) is 12.2. The lowest BCUT2D eigenvalue weighted by atomic mass is 10.1. The van der Waals surface area contributed by atoms with Crippen LogP contribution in [0, 0.1) is 20.8 Å². The molecule has 0 saturated carbocycles. The van der Waals surface area contributed by atoms with Gasteiger partial charge in [0.05, 0.1) is 4.90 Å². The van der Waals surface area contributed by atoms with Gasteiger partial charge in [0, 0.05) is 18.7 Å². The minimum absolute atomic E-state index is 0.178. The van der Waals surface area contributed by atoms with Crippen molar-refractivity contribution in [2.75, 3.05) is 12.3 Å². The number of nitrogen functional groups attached to an aromatic ring is 1. The van der Waals surface area contributed by atoms with Crippen LogP contribution in [0.3, 0.4) is 0 Å². The molecule has 114 valence electrons. The van der Waals surface area contributed by atoms with Crippen LogP contribution >= 0.6 is 0 Å². The third-order valence-corrected chi connectivity index (χ3v) is 5.12. The van der Waals surface area contributed by atoms with E-state index in [9.17, 15) is 8.42 Å². The second-order valence-electron chi connectivity index (χ2n) is 4.84. The Labute approximate surface area is 123 Å². The Morgan fingerprint density at radius 1 is 1.29 bits per heavy atom. The van der Waals surface area contributed by atoms with Crippen molar-refractivity contribution in [3.8, 4) is 0 Å². The third kappa shape index (κ3) is 3.22. The molecule has 1 aromatic carbocycles. The molecule has 2 rings (SSSR count). The first-order chi connectivity index (χ1) is 9.83. The van der Waals surface area contributed by atoms with E-state index >= 15 is 0 Å². The number of nitrogens with zero attached hydrogens (tertiary/aromatic N) is 2. The SMILES string of the molecule is Cc1cc(N)c(C)c(S(=O)(=O)NCCc2ncno2)c1C. The molecule has 0 radical (unpaired) electrons. The Balaban J connectivity index is 2.23. The van der Waals surface area contributed by atoms with Crippen molar-refractivity contribution in [3.63, 3.8) is 0 Å². The van der Waals surface area contributed by atoms with Crippen molar-refractivity contribution in [2.45, 2.75) is 32.1 Å². The molecule has 3 N–H and O–H groups in total. The Morgan fingerprint density at radius 3 is 2.62 bits per heavy atom. The van der Waals surface area contributed by atoms with Gasteiger partial charge in [-0.3, -0.25) is 0 Å². The molecule has 0 spiro atoms. The molecule has 0 aliphatic carbocycles. The summed E-state index contributed by atoms with van der Waals surface area (Å²) in [7, 11) is -3.64. The summed E-state index contributed by atoms with van der Waals surface area (Å²) in [5.41, 5.74) is 8.44. The summed E-state index contributed by atoms with van der Waals surface area (Å²) >= 11 is 0. The summed E-state index contributed by atoms with van der Waals surface area (Å²) < 4.78 is 32.3. The van der Waals surface area contributed by atoms with Crippen LogP contribution in [0.5, 0.6) is 0 Å². The monoisotopic (exact) mass is 310 g/mol. The predicted molar refractivity (Wildman–Crippen MR) is 78.3 cm³/mol. The molecular formula is C13H18N4O3S. The summed E-state index contributed by atoms with van der Waals surface area (Å²) in [4.78, 5) is 4.08. The number of hydrogen-bond donors (Lipinski definition) is 2. The number of anilines is 1. The van der Waals surface area contributed by atoms with Gasteiger partial charge in [-0.25, -0.2) is 13.1 Å². The minimum Gasteiger partial charge on any atom is -0.398 e. The number of hydrogen-bond acceptors (Lipinski definition) is 6. The van der Waals surface area contributed by atoms with Gasteiger partial charge in [0.2, 0.25) is 15.9 Å². The van der Waals surface area contributed by atoms with Crippen LogP contribution < -0.4 is 10.5 Å². The number of nitrogens with one attached hydrogen (secondary N) is 1. The van der Waals surface area contributed by atoms with E-state index in [1.54, 1.807) is 19.9 Å². The van der Waals surface area contributed by atoms with Gasteiger partial charge in [-0.2, -0.15) is 4.98 Å². The number of benzene rings is 1. The maximum atomic E-state index is 12.5. The summed E-state index contributed by atoms with van der Waals surface area (Å²) in [5, 5.41) is 3.47. The van der Waals surface area contributed by atoms with Crippen molar-refractivity contribution in [3.05, 3.63) is 35.0 Å². The van der Waals surface area contributed by atoms with E-state index in [-0.39, 0.29) is 11.4 Å². The first-order valence-electron chi connectivity index (χ1n) is 6.44. The van der Waals surface area contributed by atoms with Crippen LogP contribution in [-0.4, -0.2) is 25.1 Å². The molecular weight excluding hydrogens is 292 g/mol. The van der Waals surface area contributed by atoms with E-state index in [1.807, 2.05) is 6.92 Å². The normalized spacial score (nSPS) is 11.8. The van der Waals surface area contributed by atoms with Gasteiger partial charge in [-0.15, -0.1) is 0 Å². The summed E-state index contributed by atoms with van der Waals surface area (Å²) in [5.74, 6) is 0.384. The van der Waals surface area contributed by atoms with E-state index < -0.39 is 10.0 Å². The van der Waals surface area contributed by atoms with E-state index in [4.69, 9.17) is 10.3 Å². The van der Waals surface area contributed by atoms with E-state index in [0.29, 0.717) is 29.1 Å². The fourth-order valence-corrected chi connectivity index (χ4v) is 3.72. The Kier molecular flexibility index (Phi) is 4.29. The molecule has 7 nitrogen and oxygen atoms in total. The molecule has 1 heterocycles. The zero-order chi connectivity index (χ0) is 15.6. The first-order valence-corrected chi connectivity index (χ1v) is 7.92. The molecule has 0 aliphatic rings. The molecule has 0 aliphatic heterocycles. The zero-order valence-corrected chi connectivity index (χ0v) is 13.0. The minimum atomic E-state index is -3.64. The molecule has 0 bridgehead atoms. The highest BCUT2D eigenvalue weighted by Gasteiger charge is 2.22. The van der Waals surface area contributed by atoms with Gasteiger partial charge in [-0.1, -0.05) is 5.16 Å². The third-order valence-electron chi connectivity index (χ3n) is 3.38. The van der Waals surface area contributed by atoms with Crippen LogP contribution in [0.1, 0.15) is 22.6 Å². The molecule has 0 amide bonds. The van der Waals surface area contributed by atoms with Crippen LogP contribution in [-0.2, 0) is 16.4 Å². The molecule has 0 unspecified atom stereocenters.